The smallest absolute Gasteiger partial charge is 0.0431 e. The van der Waals surface area contributed by atoms with Crippen LogP contribution in [0.4, 0.5) is 0 Å². The summed E-state index contributed by atoms with van der Waals surface area (Å²) in [5, 5.41) is 12.7. The minimum atomic E-state index is 0.709. The molecular weight excluding hydrogens is 296 g/mol. The number of rotatable bonds is 15. The van der Waals surface area contributed by atoms with Crippen LogP contribution in [0.3, 0.4) is 0 Å². The summed E-state index contributed by atoms with van der Waals surface area (Å²) in [5.74, 6) is 5.28. The second-order valence-corrected chi connectivity index (χ2v) is 6.87. The summed E-state index contributed by atoms with van der Waals surface area (Å²) in [7, 11) is 0. The van der Waals surface area contributed by atoms with Crippen molar-refractivity contribution in [3.05, 3.63) is 0 Å². The van der Waals surface area contributed by atoms with Gasteiger partial charge in [0.1, 0.15) is 0 Å². The van der Waals surface area contributed by atoms with Crippen molar-refractivity contribution < 1.29 is 0 Å². The molecule has 24 heavy (non-hydrogen) atoms. The molecule has 0 aromatic rings. The molecule has 0 spiro atoms. The Balaban J connectivity index is 4.41. The fourth-order valence-electron chi connectivity index (χ4n) is 2.70. The number of hydrogen-bond acceptors (Lipinski definition) is 4. The van der Waals surface area contributed by atoms with Gasteiger partial charge in [0.05, 0.1) is 0 Å². The Morgan fingerprint density at radius 3 is 1.62 bits per heavy atom. The molecule has 0 aliphatic carbocycles. The number of nitrogens with zero attached hydrogens (tertiary/aromatic N) is 3. The van der Waals surface area contributed by atoms with Crippen LogP contribution >= 0.6 is 0 Å². The highest BCUT2D eigenvalue weighted by atomic mass is 15.2. The maximum Gasteiger partial charge on any atom is 0.0431 e. The molecule has 4 nitrogen and oxygen atoms in total. The van der Waals surface area contributed by atoms with E-state index in [0.717, 1.165) is 24.3 Å². The number of hydrazone groups is 1. The number of nitrogens with two attached hydrogens (primary N) is 1. The van der Waals surface area contributed by atoms with Crippen molar-refractivity contribution in [3.8, 4) is 0 Å². The first-order valence-corrected chi connectivity index (χ1v) is 9.96. The second-order valence-electron chi connectivity index (χ2n) is 6.87. The van der Waals surface area contributed by atoms with Crippen molar-refractivity contribution in [3.63, 3.8) is 0 Å². The molecular formula is C20H40N4. The molecule has 0 unspecified atom stereocenters. The van der Waals surface area contributed by atoms with Gasteiger partial charge in [0.2, 0.25) is 0 Å². The van der Waals surface area contributed by atoms with Gasteiger partial charge in [-0.25, -0.2) is 0 Å². The molecule has 0 atom stereocenters. The highest BCUT2D eigenvalue weighted by Gasteiger charge is 2.02. The van der Waals surface area contributed by atoms with E-state index in [9.17, 15) is 0 Å². The predicted octanol–water partition coefficient (Wildman–Crippen LogP) is 6.25. The molecule has 0 saturated carbocycles. The zero-order valence-corrected chi connectivity index (χ0v) is 16.6. The summed E-state index contributed by atoms with van der Waals surface area (Å²) in [6.07, 6.45) is 16.0. The summed E-state index contributed by atoms with van der Waals surface area (Å²) < 4.78 is 0. The van der Waals surface area contributed by atoms with Crippen LogP contribution in [-0.4, -0.2) is 17.1 Å². The molecule has 0 rings (SSSR count). The van der Waals surface area contributed by atoms with Crippen molar-refractivity contribution in [1.82, 2.24) is 0 Å². The van der Waals surface area contributed by atoms with Crippen LogP contribution in [0.1, 0.15) is 111 Å². The van der Waals surface area contributed by atoms with E-state index in [1.54, 1.807) is 0 Å². The molecule has 0 aromatic heterocycles. The van der Waals surface area contributed by atoms with Gasteiger partial charge in [0.25, 0.3) is 0 Å². The molecule has 2 N–H and O–H groups in total. The van der Waals surface area contributed by atoms with E-state index in [2.05, 4.69) is 29.2 Å². The van der Waals surface area contributed by atoms with E-state index < -0.39 is 0 Å². The third-order valence-corrected chi connectivity index (χ3v) is 4.23. The first-order chi connectivity index (χ1) is 11.6. The minimum Gasteiger partial charge on any atom is -0.323 e. The lowest BCUT2D eigenvalue weighted by Gasteiger charge is -2.06. The Morgan fingerprint density at radius 1 is 0.667 bits per heavy atom. The van der Waals surface area contributed by atoms with Crippen molar-refractivity contribution in [2.24, 2.45) is 21.1 Å². The topological polar surface area (TPSA) is 63.1 Å². The molecule has 0 fully saturated rings. The number of hydrogen-bond donors (Lipinski definition) is 1. The molecule has 4 heteroatoms. The molecule has 0 amide bonds. The summed E-state index contributed by atoms with van der Waals surface area (Å²) in [6, 6.07) is 0. The van der Waals surface area contributed by atoms with Crippen LogP contribution in [0, 0.1) is 0 Å². The monoisotopic (exact) mass is 336 g/mol. The van der Waals surface area contributed by atoms with Gasteiger partial charge in [0.15, 0.2) is 0 Å². The van der Waals surface area contributed by atoms with E-state index in [1.807, 2.05) is 13.8 Å². The predicted molar refractivity (Wildman–Crippen MR) is 109 cm³/mol. The average molecular weight is 337 g/mol. The summed E-state index contributed by atoms with van der Waals surface area (Å²) in [5.41, 5.74) is 3.15. The van der Waals surface area contributed by atoms with Crippen LogP contribution < -0.4 is 5.84 Å². The first kappa shape index (κ1) is 22.8. The quantitative estimate of drug-likeness (QED) is 0.163. The average Bonchev–Trinajstić information content (AvgIpc) is 2.58. The normalized spacial score (nSPS) is 12.5. The zero-order valence-electron chi connectivity index (χ0n) is 16.6. The SMILES string of the molecule is CCCCCCCC(CCCCCCC)=N/N=C(\C)C/C(C)=N/N. The molecule has 0 radical (unpaired) electrons. The molecule has 0 heterocycles. The van der Waals surface area contributed by atoms with Crippen molar-refractivity contribution in [2.45, 2.75) is 111 Å². The third-order valence-electron chi connectivity index (χ3n) is 4.23. The lowest BCUT2D eigenvalue weighted by Crippen LogP contribution is -2.04. The summed E-state index contributed by atoms with van der Waals surface area (Å²) in [4.78, 5) is 0. The molecule has 0 bridgehead atoms. The van der Waals surface area contributed by atoms with E-state index in [-0.39, 0.29) is 0 Å². The van der Waals surface area contributed by atoms with Crippen molar-refractivity contribution >= 4 is 17.1 Å². The van der Waals surface area contributed by atoms with Gasteiger partial charge >= 0.3 is 0 Å². The molecule has 0 aliphatic rings. The standard InChI is InChI=1S/C20H40N4/c1-5-7-9-11-13-15-20(16-14-12-10-8-6-2)24-23-19(4)17-18(3)22-21/h5-17,21H2,1-4H3/b22-18+,23-19+. The Morgan fingerprint density at radius 2 is 1.17 bits per heavy atom. The third kappa shape index (κ3) is 14.4. The van der Waals surface area contributed by atoms with Crippen molar-refractivity contribution in [2.75, 3.05) is 0 Å². The van der Waals surface area contributed by atoms with Gasteiger partial charge in [0, 0.05) is 23.6 Å². The van der Waals surface area contributed by atoms with Crippen LogP contribution in [-0.2, 0) is 0 Å². The van der Waals surface area contributed by atoms with Gasteiger partial charge in [-0.15, -0.1) is 0 Å². The van der Waals surface area contributed by atoms with Crippen LogP contribution in [0.2, 0.25) is 0 Å². The number of unbranched alkanes of at least 4 members (excludes halogenated alkanes) is 8. The molecule has 0 aliphatic heterocycles. The van der Waals surface area contributed by atoms with E-state index in [1.165, 1.54) is 69.9 Å². The Bertz CT molecular complexity index is 367. The Hall–Kier alpha value is -1.19. The first-order valence-electron chi connectivity index (χ1n) is 9.96. The van der Waals surface area contributed by atoms with Crippen LogP contribution in [0.25, 0.3) is 0 Å². The van der Waals surface area contributed by atoms with Crippen LogP contribution in [0.5, 0.6) is 0 Å². The fourth-order valence-corrected chi connectivity index (χ4v) is 2.70. The Kier molecular flexibility index (Phi) is 15.8. The van der Waals surface area contributed by atoms with Gasteiger partial charge < -0.3 is 5.84 Å². The maximum absolute atomic E-state index is 5.28. The minimum absolute atomic E-state index is 0.709. The maximum atomic E-state index is 5.28. The lowest BCUT2D eigenvalue weighted by atomic mass is 10.0. The van der Waals surface area contributed by atoms with Gasteiger partial charge in [-0.1, -0.05) is 65.2 Å². The lowest BCUT2D eigenvalue weighted by molar-refractivity contribution is 0.627. The molecule has 0 saturated heterocycles. The van der Waals surface area contributed by atoms with Gasteiger partial charge in [-0.3, -0.25) is 0 Å². The summed E-state index contributed by atoms with van der Waals surface area (Å²) >= 11 is 0. The molecule has 140 valence electrons. The highest BCUT2D eigenvalue weighted by Crippen LogP contribution is 2.12. The van der Waals surface area contributed by atoms with Crippen molar-refractivity contribution in [1.29, 1.82) is 0 Å². The van der Waals surface area contributed by atoms with E-state index in [4.69, 9.17) is 5.84 Å². The van der Waals surface area contributed by atoms with Gasteiger partial charge in [-0.05, 0) is 39.5 Å². The van der Waals surface area contributed by atoms with Gasteiger partial charge in [-0.2, -0.15) is 15.3 Å². The second kappa shape index (κ2) is 16.7. The Labute approximate surface area is 150 Å². The fraction of sp³-hybridized carbons (Fsp3) is 0.850. The molecule has 0 aromatic carbocycles. The van der Waals surface area contributed by atoms with E-state index in [0.29, 0.717) is 6.42 Å². The summed E-state index contributed by atoms with van der Waals surface area (Å²) in [6.45, 7) is 8.43. The highest BCUT2D eigenvalue weighted by molar-refractivity contribution is 6.02. The van der Waals surface area contributed by atoms with E-state index >= 15 is 0 Å². The van der Waals surface area contributed by atoms with Crippen LogP contribution in [0.15, 0.2) is 15.3 Å². The largest absolute Gasteiger partial charge is 0.323 e. The zero-order chi connectivity index (χ0) is 18.0.